The Bertz CT molecular complexity index is 1170. The molecule has 1 aromatic carbocycles. The number of hydrogen-bond acceptors (Lipinski definition) is 12. The molecule has 2 fully saturated rings. The van der Waals surface area contributed by atoms with Crippen LogP contribution in [0, 0.1) is 50.1 Å². The Morgan fingerprint density at radius 2 is 1.11 bits per heavy atom. The van der Waals surface area contributed by atoms with Crippen LogP contribution in [0.15, 0.2) is 24.3 Å². The number of rotatable bonds is 13. The summed E-state index contributed by atoms with van der Waals surface area (Å²) in [7, 11) is 0. The Kier molecular flexibility index (Phi) is 16.1. The zero-order chi connectivity index (χ0) is 32.2. The Balaban J connectivity index is 0.00000705. The van der Waals surface area contributed by atoms with Gasteiger partial charge in [0, 0.05) is 110 Å². The van der Waals surface area contributed by atoms with E-state index in [4.69, 9.17) is 4.74 Å². The minimum Gasteiger partial charge on any atom is -0.480 e. The van der Waals surface area contributed by atoms with Crippen LogP contribution < -0.4 is 4.74 Å². The largest absolute Gasteiger partial charge is 0.480 e. The number of carbonyl (C=O) groups excluding carboxylic acids is 2. The van der Waals surface area contributed by atoms with Crippen molar-refractivity contribution in [2.75, 3.05) is 85.1 Å². The first kappa shape index (κ1) is 38.3. The van der Waals surface area contributed by atoms with Crippen molar-refractivity contribution in [1.29, 1.82) is 0 Å². The van der Waals surface area contributed by atoms with Gasteiger partial charge in [0.25, 0.3) is 5.69 Å². The summed E-state index contributed by atoms with van der Waals surface area (Å²) in [5.74, 6) is -4.10. The van der Waals surface area contributed by atoms with E-state index in [1.54, 1.807) is 19.6 Å². The zero-order valence-corrected chi connectivity index (χ0v) is 26.9. The van der Waals surface area contributed by atoms with Gasteiger partial charge in [-0.15, -0.1) is 0 Å². The fourth-order valence-electron chi connectivity index (χ4n) is 4.81. The number of hydrogen-bond donors (Lipinski definition) is 3. The fourth-order valence-corrected chi connectivity index (χ4v) is 4.81. The van der Waals surface area contributed by atoms with Crippen LogP contribution >= 0.6 is 0 Å². The quantitative estimate of drug-likeness (QED) is 0.0945. The van der Waals surface area contributed by atoms with Gasteiger partial charge in [0.05, 0.1) is 31.1 Å². The second kappa shape index (κ2) is 18.9. The third kappa shape index (κ3) is 14.4. The number of nitrogens with zero attached hydrogens (tertiary/aromatic N) is 6. The van der Waals surface area contributed by atoms with Gasteiger partial charge in [0.15, 0.2) is 0 Å². The molecule has 17 nitrogen and oxygen atoms in total. The standard InChI is InChI=1S/C27H38N6O11.Gd/c34-23(32(20-1-2-20)19-27(41)44-22-5-3-21(4-6-22)33(42)43)15-28-7-9-29(16-24(35)36)11-13-31(18-26(39)40)14-12-30(10-8-28)17-25(37)38;/h3-6,20H,1-2,7-19H2,(H,35,36)(H,37,38)(H,39,40);. The van der Waals surface area contributed by atoms with E-state index in [1.807, 2.05) is 0 Å². The molecule has 1 saturated carbocycles. The molecule has 2 aliphatic rings. The maximum Gasteiger partial charge on any atom is 0.331 e. The molecule has 1 saturated heterocycles. The maximum absolute atomic E-state index is 13.5. The van der Waals surface area contributed by atoms with Crippen molar-refractivity contribution < 1.29 is 88.9 Å². The first-order chi connectivity index (χ1) is 20.9. The van der Waals surface area contributed by atoms with E-state index < -0.39 is 28.8 Å². The first-order valence-corrected chi connectivity index (χ1v) is 14.2. The van der Waals surface area contributed by atoms with E-state index in [0.29, 0.717) is 12.8 Å². The molecule has 45 heavy (non-hydrogen) atoms. The van der Waals surface area contributed by atoms with E-state index in [0.717, 1.165) is 0 Å². The van der Waals surface area contributed by atoms with Gasteiger partial charge in [-0.1, -0.05) is 0 Å². The topological polar surface area (TPSA) is 215 Å². The minimum absolute atomic E-state index is 0. The Hall–Kier alpha value is -2.87. The summed E-state index contributed by atoms with van der Waals surface area (Å²) in [6.45, 7) is 0.798. The van der Waals surface area contributed by atoms with Crippen LogP contribution in [0.5, 0.6) is 5.75 Å². The van der Waals surface area contributed by atoms with Crippen LogP contribution in [0.25, 0.3) is 0 Å². The summed E-state index contributed by atoms with van der Waals surface area (Å²) in [5, 5.41) is 39.0. The monoisotopic (exact) mass is 780 g/mol. The average molecular weight is 780 g/mol. The second-order valence-electron chi connectivity index (χ2n) is 10.8. The molecule has 1 heterocycles. The third-order valence-corrected chi connectivity index (χ3v) is 7.25. The number of nitro benzene ring substituents is 1. The molecule has 3 N–H and O–H groups in total. The summed E-state index contributed by atoms with van der Waals surface area (Å²) in [5.41, 5.74) is -0.160. The van der Waals surface area contributed by atoms with Crippen molar-refractivity contribution >= 4 is 35.5 Å². The van der Waals surface area contributed by atoms with Crippen LogP contribution in [0.2, 0.25) is 0 Å². The molecule has 0 radical (unpaired) electrons. The molecular formula is C27H38GdN6O11. The van der Waals surface area contributed by atoms with Crippen molar-refractivity contribution in [2.45, 2.75) is 18.9 Å². The van der Waals surface area contributed by atoms with Crippen molar-refractivity contribution in [1.82, 2.24) is 24.5 Å². The number of benzene rings is 1. The average Bonchev–Trinajstić information content (AvgIpc) is 3.78. The molecule has 1 aliphatic carbocycles. The molecule has 0 atom stereocenters. The molecule has 0 bridgehead atoms. The fraction of sp³-hybridized carbons (Fsp3) is 0.593. The third-order valence-electron chi connectivity index (χ3n) is 7.25. The van der Waals surface area contributed by atoms with Gasteiger partial charge in [0.1, 0.15) is 12.3 Å². The number of carboxylic acids is 3. The van der Waals surface area contributed by atoms with Crippen LogP contribution in [-0.4, -0.2) is 166 Å². The number of carbonyl (C=O) groups is 5. The van der Waals surface area contributed by atoms with Crippen molar-refractivity contribution in [3.05, 3.63) is 34.4 Å². The molecule has 250 valence electrons. The van der Waals surface area contributed by atoms with Gasteiger partial charge in [-0.25, -0.2) is 4.79 Å². The van der Waals surface area contributed by atoms with Crippen LogP contribution in [0.3, 0.4) is 0 Å². The number of non-ortho nitro benzene ring substituents is 1. The summed E-state index contributed by atoms with van der Waals surface area (Å²) >= 11 is 0. The molecule has 0 aromatic heterocycles. The number of aliphatic carboxylic acids is 3. The summed E-state index contributed by atoms with van der Waals surface area (Å²) in [6.07, 6.45) is 1.42. The van der Waals surface area contributed by atoms with Gasteiger partial charge in [-0.05, 0) is 25.0 Å². The number of carboxylic acid groups (broad SMARTS) is 3. The van der Waals surface area contributed by atoms with Gasteiger partial charge >= 0.3 is 23.9 Å². The number of ether oxygens (including phenoxy) is 1. The number of amides is 1. The van der Waals surface area contributed by atoms with Crippen molar-refractivity contribution in [3.63, 3.8) is 0 Å². The molecule has 1 amide bonds. The zero-order valence-electron chi connectivity index (χ0n) is 24.6. The molecule has 3 rings (SSSR count). The molecule has 1 aromatic rings. The Labute approximate surface area is 291 Å². The molecule has 0 unspecified atom stereocenters. The Morgan fingerprint density at radius 1 is 0.733 bits per heavy atom. The molecule has 18 heteroatoms. The van der Waals surface area contributed by atoms with E-state index in [9.17, 15) is 49.4 Å². The predicted molar refractivity (Wildman–Crippen MR) is 152 cm³/mol. The predicted octanol–water partition coefficient (Wildman–Crippen LogP) is -1.03. The van der Waals surface area contributed by atoms with Gasteiger partial charge in [-0.2, -0.15) is 0 Å². The van der Waals surface area contributed by atoms with Crippen molar-refractivity contribution in [3.8, 4) is 5.75 Å². The second-order valence-corrected chi connectivity index (χ2v) is 10.8. The Morgan fingerprint density at radius 3 is 1.44 bits per heavy atom. The number of nitro groups is 1. The normalized spacial score (nSPS) is 17.6. The van der Waals surface area contributed by atoms with E-state index in [1.165, 1.54) is 29.2 Å². The number of esters is 1. The van der Waals surface area contributed by atoms with E-state index >= 15 is 0 Å². The van der Waals surface area contributed by atoms with Gasteiger partial charge in [-0.3, -0.25) is 48.9 Å². The molecule has 1 aliphatic heterocycles. The van der Waals surface area contributed by atoms with Crippen LogP contribution in [0.1, 0.15) is 12.8 Å². The summed E-state index contributed by atoms with van der Waals surface area (Å²) in [4.78, 5) is 79.0. The van der Waals surface area contributed by atoms with Crippen molar-refractivity contribution in [2.24, 2.45) is 0 Å². The minimum atomic E-state index is -1.05. The molecule has 0 spiro atoms. The molecular weight excluding hydrogens is 742 g/mol. The maximum atomic E-state index is 13.5. The van der Waals surface area contributed by atoms with E-state index in [-0.39, 0.29) is 148 Å². The SMILES string of the molecule is O=C(O)CN1CCN(CC(=O)O)CCN(CC(=O)N(CC(=O)Oc2ccc([N+](=O)[O-])cc2)C2CC2)CCN(CC(=O)O)CC1.[Gd]. The summed E-state index contributed by atoms with van der Waals surface area (Å²) < 4.78 is 5.29. The summed E-state index contributed by atoms with van der Waals surface area (Å²) in [6, 6.07) is 4.85. The van der Waals surface area contributed by atoms with Crippen LogP contribution in [-0.2, 0) is 24.0 Å². The van der Waals surface area contributed by atoms with Crippen LogP contribution in [0.4, 0.5) is 5.69 Å². The first-order valence-electron chi connectivity index (χ1n) is 14.2. The van der Waals surface area contributed by atoms with Gasteiger partial charge < -0.3 is 25.0 Å². The smallest absolute Gasteiger partial charge is 0.331 e. The van der Waals surface area contributed by atoms with Gasteiger partial charge in [0.2, 0.25) is 5.91 Å². The van der Waals surface area contributed by atoms with E-state index in [2.05, 4.69) is 0 Å².